The molecule has 5 heteroatoms. The minimum absolute atomic E-state index is 0.0113. The third-order valence-electron chi connectivity index (χ3n) is 3.23. The Hall–Kier alpha value is -1.78. The fourth-order valence-electron chi connectivity index (χ4n) is 1.57. The molecule has 0 amide bonds. The minimum atomic E-state index is -0.474. The van der Waals surface area contributed by atoms with Gasteiger partial charge in [0.15, 0.2) is 0 Å². The Kier molecular flexibility index (Phi) is 3.93. The second-order valence-corrected chi connectivity index (χ2v) is 4.42. The first kappa shape index (κ1) is 13.3. The maximum atomic E-state index is 10.6. The van der Waals surface area contributed by atoms with Crippen molar-refractivity contribution in [1.29, 1.82) is 0 Å². The molecule has 3 N–H and O–H groups in total. The van der Waals surface area contributed by atoms with E-state index in [1.807, 2.05) is 0 Å². The lowest BCUT2D eigenvalue weighted by atomic mass is 9.95. The lowest BCUT2D eigenvalue weighted by molar-refractivity contribution is -0.383. The molecule has 0 aromatic heterocycles. The van der Waals surface area contributed by atoms with Crippen LogP contribution in [-0.2, 0) is 0 Å². The summed E-state index contributed by atoms with van der Waals surface area (Å²) in [4.78, 5) is 10.2. The van der Waals surface area contributed by atoms with Crippen LogP contribution >= 0.6 is 0 Å². The average molecular weight is 237 g/mol. The highest BCUT2D eigenvalue weighted by Gasteiger charge is 2.20. The number of nitrogens with zero attached hydrogens (tertiary/aromatic N) is 1. The highest BCUT2D eigenvalue weighted by atomic mass is 16.6. The molecule has 0 fully saturated rings. The van der Waals surface area contributed by atoms with Crippen LogP contribution in [0.2, 0.25) is 0 Å². The fraction of sp³-hybridized carbons (Fsp3) is 0.500. The van der Waals surface area contributed by atoms with Crippen molar-refractivity contribution in [2.75, 3.05) is 11.1 Å². The minimum Gasteiger partial charge on any atom is -0.393 e. The van der Waals surface area contributed by atoms with Crippen LogP contribution in [0.3, 0.4) is 0 Å². The normalized spacial score (nSPS) is 11.2. The largest absolute Gasteiger partial charge is 0.393 e. The second kappa shape index (κ2) is 5.03. The Morgan fingerprint density at radius 1 is 1.41 bits per heavy atom. The van der Waals surface area contributed by atoms with E-state index in [9.17, 15) is 10.1 Å². The molecule has 0 saturated heterocycles. The van der Waals surface area contributed by atoms with Crippen LogP contribution in [0.1, 0.15) is 33.6 Å². The molecule has 5 nitrogen and oxygen atoms in total. The van der Waals surface area contributed by atoms with Crippen LogP contribution in [0.15, 0.2) is 18.2 Å². The van der Waals surface area contributed by atoms with Crippen molar-refractivity contribution >= 4 is 17.1 Å². The maximum Gasteiger partial charge on any atom is 0.292 e. The van der Waals surface area contributed by atoms with E-state index in [-0.39, 0.29) is 16.9 Å². The molecule has 0 aliphatic heterocycles. The van der Waals surface area contributed by atoms with Gasteiger partial charge in [0.1, 0.15) is 5.69 Å². The van der Waals surface area contributed by atoms with E-state index in [1.165, 1.54) is 6.07 Å². The van der Waals surface area contributed by atoms with E-state index in [0.29, 0.717) is 0 Å². The zero-order chi connectivity index (χ0) is 13.1. The Bertz CT molecular complexity index is 414. The third kappa shape index (κ3) is 3.09. The van der Waals surface area contributed by atoms with Gasteiger partial charge in [-0.05, 0) is 31.9 Å². The first-order valence-corrected chi connectivity index (χ1v) is 5.74. The molecule has 0 radical (unpaired) electrons. The smallest absolute Gasteiger partial charge is 0.292 e. The fourth-order valence-corrected chi connectivity index (χ4v) is 1.57. The van der Waals surface area contributed by atoms with Gasteiger partial charge in [-0.2, -0.15) is 0 Å². The van der Waals surface area contributed by atoms with E-state index in [2.05, 4.69) is 26.1 Å². The van der Waals surface area contributed by atoms with Gasteiger partial charge in [-0.25, -0.2) is 0 Å². The van der Waals surface area contributed by atoms with Crippen LogP contribution in [0.5, 0.6) is 0 Å². The molecular formula is C12H19N3O2. The van der Waals surface area contributed by atoms with Gasteiger partial charge in [-0.1, -0.05) is 13.8 Å². The molecule has 1 rings (SSSR count). The van der Waals surface area contributed by atoms with E-state index >= 15 is 0 Å². The van der Waals surface area contributed by atoms with Crippen molar-refractivity contribution in [1.82, 2.24) is 0 Å². The molecule has 0 spiro atoms. The summed E-state index contributed by atoms with van der Waals surface area (Å²) in [7, 11) is 0. The standard InChI is InChI=1S/C12H19N3O2/c1-4-12(3,5-2)14-9-6-7-11(15(16)17)10(13)8-9/h6-8,14H,4-5,13H2,1-3H3. The van der Waals surface area contributed by atoms with Gasteiger partial charge in [0.25, 0.3) is 5.69 Å². The summed E-state index contributed by atoms with van der Waals surface area (Å²) in [5.41, 5.74) is 6.59. The van der Waals surface area contributed by atoms with Crippen molar-refractivity contribution < 1.29 is 4.92 Å². The average Bonchev–Trinajstić information content (AvgIpc) is 2.28. The molecular weight excluding hydrogens is 218 g/mol. The first-order chi connectivity index (χ1) is 7.91. The maximum absolute atomic E-state index is 10.6. The number of nitrogens with two attached hydrogens (primary N) is 1. The summed E-state index contributed by atoms with van der Waals surface area (Å²) in [6.07, 6.45) is 1.95. The number of nitro groups is 1. The van der Waals surface area contributed by atoms with Gasteiger partial charge in [0.05, 0.1) is 4.92 Å². The summed E-state index contributed by atoms with van der Waals surface area (Å²) >= 11 is 0. The molecule has 1 aromatic rings. The number of nitrogen functional groups attached to an aromatic ring is 1. The number of nitrogens with one attached hydrogen (secondary N) is 1. The van der Waals surface area contributed by atoms with Crippen molar-refractivity contribution in [2.24, 2.45) is 0 Å². The highest BCUT2D eigenvalue weighted by molar-refractivity contribution is 5.66. The number of nitro benzene ring substituents is 1. The van der Waals surface area contributed by atoms with Crippen molar-refractivity contribution in [2.45, 2.75) is 39.2 Å². The summed E-state index contributed by atoms with van der Waals surface area (Å²) in [5.74, 6) is 0. The predicted molar refractivity (Wildman–Crippen MR) is 70.1 cm³/mol. The number of hydrogen-bond acceptors (Lipinski definition) is 4. The van der Waals surface area contributed by atoms with E-state index in [1.54, 1.807) is 12.1 Å². The third-order valence-corrected chi connectivity index (χ3v) is 3.23. The number of hydrogen-bond donors (Lipinski definition) is 2. The van der Waals surface area contributed by atoms with E-state index in [4.69, 9.17) is 5.73 Å². The van der Waals surface area contributed by atoms with Crippen LogP contribution in [-0.4, -0.2) is 10.5 Å². The number of benzene rings is 1. The highest BCUT2D eigenvalue weighted by Crippen LogP contribution is 2.28. The van der Waals surface area contributed by atoms with Gasteiger partial charge >= 0.3 is 0 Å². The molecule has 0 unspecified atom stereocenters. The summed E-state index contributed by atoms with van der Waals surface area (Å²) < 4.78 is 0. The summed E-state index contributed by atoms with van der Waals surface area (Å²) in [6, 6.07) is 4.74. The van der Waals surface area contributed by atoms with Crippen LogP contribution in [0.4, 0.5) is 17.1 Å². The molecule has 17 heavy (non-hydrogen) atoms. The quantitative estimate of drug-likeness (QED) is 0.468. The SMILES string of the molecule is CCC(C)(CC)Nc1ccc([N+](=O)[O-])c(N)c1. The Morgan fingerprint density at radius 2 is 2.00 bits per heavy atom. The van der Waals surface area contributed by atoms with Crippen molar-refractivity contribution in [3.8, 4) is 0 Å². The first-order valence-electron chi connectivity index (χ1n) is 5.74. The van der Waals surface area contributed by atoms with Crippen molar-refractivity contribution in [3.05, 3.63) is 28.3 Å². The zero-order valence-electron chi connectivity index (χ0n) is 10.5. The van der Waals surface area contributed by atoms with E-state index < -0.39 is 4.92 Å². The van der Waals surface area contributed by atoms with E-state index in [0.717, 1.165) is 18.5 Å². The van der Waals surface area contributed by atoms with Gasteiger partial charge in [-0.15, -0.1) is 0 Å². The Balaban J connectivity index is 2.95. The summed E-state index contributed by atoms with van der Waals surface area (Å²) in [5, 5.41) is 14.0. The monoisotopic (exact) mass is 237 g/mol. The van der Waals surface area contributed by atoms with Crippen LogP contribution in [0.25, 0.3) is 0 Å². The molecule has 0 aliphatic rings. The van der Waals surface area contributed by atoms with Crippen molar-refractivity contribution in [3.63, 3.8) is 0 Å². The number of rotatable bonds is 5. The topological polar surface area (TPSA) is 81.2 Å². The van der Waals surface area contributed by atoms with Gasteiger partial charge in [0, 0.05) is 17.3 Å². The predicted octanol–water partition coefficient (Wildman–Crippen LogP) is 3.17. The molecule has 1 aromatic carbocycles. The van der Waals surface area contributed by atoms with Gasteiger partial charge in [-0.3, -0.25) is 10.1 Å². The lowest BCUT2D eigenvalue weighted by Gasteiger charge is -2.29. The molecule has 0 bridgehead atoms. The molecule has 0 aliphatic carbocycles. The Labute approximate surface area is 101 Å². The Morgan fingerprint density at radius 3 is 2.41 bits per heavy atom. The molecule has 94 valence electrons. The number of anilines is 2. The zero-order valence-corrected chi connectivity index (χ0v) is 10.5. The van der Waals surface area contributed by atoms with Gasteiger partial charge < -0.3 is 11.1 Å². The van der Waals surface area contributed by atoms with Crippen LogP contribution in [0, 0.1) is 10.1 Å². The molecule has 0 heterocycles. The lowest BCUT2D eigenvalue weighted by Crippen LogP contribution is -2.32. The summed E-state index contributed by atoms with van der Waals surface area (Å²) in [6.45, 7) is 6.32. The molecule has 0 saturated carbocycles. The van der Waals surface area contributed by atoms with Crippen LogP contribution < -0.4 is 11.1 Å². The second-order valence-electron chi connectivity index (χ2n) is 4.42. The molecule has 0 atom stereocenters. The van der Waals surface area contributed by atoms with Gasteiger partial charge in [0.2, 0.25) is 0 Å².